The minimum absolute atomic E-state index is 0.0816. The minimum atomic E-state index is -0.599. The van der Waals surface area contributed by atoms with Crippen LogP contribution in [0.2, 0.25) is 0 Å². The maximum absolute atomic E-state index is 11.6. The molecule has 0 bridgehead atoms. The quantitative estimate of drug-likeness (QED) is 0.675. The van der Waals surface area contributed by atoms with E-state index in [-0.39, 0.29) is 4.75 Å². The Balaban J connectivity index is 2.69. The number of hydrogen-bond acceptors (Lipinski definition) is 2. The third kappa shape index (κ3) is 1.64. The molecule has 0 saturated carbocycles. The first-order valence-electron chi connectivity index (χ1n) is 4.34. The lowest BCUT2D eigenvalue weighted by Gasteiger charge is -2.34. The molecule has 0 spiro atoms. The normalized spacial score (nSPS) is 30.2. The van der Waals surface area contributed by atoms with Crippen molar-refractivity contribution in [3.63, 3.8) is 0 Å². The highest BCUT2D eigenvalue weighted by molar-refractivity contribution is 7.86. The Kier molecular flexibility index (Phi) is 3.07. The van der Waals surface area contributed by atoms with Crippen molar-refractivity contribution in [1.29, 1.82) is 0 Å². The second kappa shape index (κ2) is 3.68. The lowest BCUT2D eigenvalue weighted by Crippen LogP contribution is -2.50. The molecule has 0 aromatic rings. The van der Waals surface area contributed by atoms with Gasteiger partial charge in [0.1, 0.15) is 0 Å². The van der Waals surface area contributed by atoms with Gasteiger partial charge in [0.15, 0.2) is 0 Å². The smallest absolute Gasteiger partial charge is 0.0578 e. The molecule has 1 fully saturated rings. The molecule has 0 aliphatic carbocycles. The van der Waals surface area contributed by atoms with E-state index < -0.39 is 10.8 Å². The van der Waals surface area contributed by atoms with E-state index in [9.17, 15) is 4.21 Å². The third-order valence-electron chi connectivity index (χ3n) is 2.68. The highest BCUT2D eigenvalue weighted by Crippen LogP contribution is 2.24. The van der Waals surface area contributed by atoms with Gasteiger partial charge in [0.05, 0.1) is 4.75 Å². The third-order valence-corrected chi connectivity index (χ3v) is 4.95. The van der Waals surface area contributed by atoms with Gasteiger partial charge in [-0.2, -0.15) is 0 Å². The van der Waals surface area contributed by atoms with Crippen molar-refractivity contribution in [3.8, 4) is 0 Å². The summed E-state index contributed by atoms with van der Waals surface area (Å²) in [5.41, 5.74) is 0. The molecular formula is C8H17NOS. The van der Waals surface area contributed by atoms with Gasteiger partial charge in [-0.3, -0.25) is 4.21 Å². The van der Waals surface area contributed by atoms with E-state index in [0.717, 1.165) is 31.7 Å². The van der Waals surface area contributed by atoms with Crippen molar-refractivity contribution < 1.29 is 4.21 Å². The van der Waals surface area contributed by atoms with Gasteiger partial charge in [0.25, 0.3) is 0 Å². The Morgan fingerprint density at radius 3 is 2.45 bits per heavy atom. The van der Waals surface area contributed by atoms with Crippen LogP contribution in [0.25, 0.3) is 0 Å². The van der Waals surface area contributed by atoms with Crippen LogP contribution in [-0.2, 0) is 10.8 Å². The standard InChI is InChI=1S/C8H17NOS/c1-3-8(4-2)7-9-5-6-11(8)10/h9H,3-7H2,1-2H3. The minimum Gasteiger partial charge on any atom is -0.314 e. The largest absolute Gasteiger partial charge is 0.314 e. The highest BCUT2D eigenvalue weighted by atomic mass is 32.2. The van der Waals surface area contributed by atoms with Crippen LogP contribution in [0.5, 0.6) is 0 Å². The summed E-state index contributed by atoms with van der Waals surface area (Å²) < 4.78 is 11.7. The monoisotopic (exact) mass is 175 g/mol. The Bertz CT molecular complexity index is 154. The number of nitrogens with one attached hydrogen (secondary N) is 1. The topological polar surface area (TPSA) is 29.1 Å². The summed E-state index contributed by atoms with van der Waals surface area (Å²) in [6.45, 7) is 6.13. The molecule has 1 atom stereocenters. The lowest BCUT2D eigenvalue weighted by molar-refractivity contribution is 0.465. The molecule has 1 saturated heterocycles. The Hall–Kier alpha value is 0.110. The van der Waals surface area contributed by atoms with E-state index >= 15 is 0 Å². The fourth-order valence-electron chi connectivity index (χ4n) is 1.60. The van der Waals surface area contributed by atoms with Gasteiger partial charge in [-0.05, 0) is 12.8 Å². The fourth-order valence-corrected chi connectivity index (χ4v) is 3.27. The Labute approximate surface area is 71.2 Å². The van der Waals surface area contributed by atoms with Crippen molar-refractivity contribution in [3.05, 3.63) is 0 Å². The zero-order valence-corrected chi connectivity index (χ0v) is 8.17. The van der Waals surface area contributed by atoms with Gasteiger partial charge < -0.3 is 5.32 Å². The van der Waals surface area contributed by atoms with Crippen LogP contribution in [0.3, 0.4) is 0 Å². The van der Waals surface area contributed by atoms with Crippen LogP contribution < -0.4 is 5.32 Å². The van der Waals surface area contributed by atoms with Crippen molar-refractivity contribution in [1.82, 2.24) is 5.32 Å². The number of hydrogen-bond donors (Lipinski definition) is 1. The van der Waals surface area contributed by atoms with Crippen LogP contribution in [0.1, 0.15) is 26.7 Å². The molecule has 2 nitrogen and oxygen atoms in total. The molecular weight excluding hydrogens is 158 g/mol. The van der Waals surface area contributed by atoms with Gasteiger partial charge in [0, 0.05) is 29.6 Å². The summed E-state index contributed by atoms with van der Waals surface area (Å²) in [6, 6.07) is 0. The highest BCUT2D eigenvalue weighted by Gasteiger charge is 2.34. The van der Waals surface area contributed by atoms with Crippen LogP contribution in [0.15, 0.2) is 0 Å². The second-order valence-electron chi connectivity index (χ2n) is 3.12. The first-order valence-corrected chi connectivity index (χ1v) is 5.66. The van der Waals surface area contributed by atoms with Crippen LogP contribution in [0, 0.1) is 0 Å². The average molecular weight is 175 g/mol. The molecule has 1 aliphatic heterocycles. The SMILES string of the molecule is CCC1(CC)CNCCS1=O. The molecule has 1 heterocycles. The van der Waals surface area contributed by atoms with Gasteiger partial charge in [0.2, 0.25) is 0 Å². The van der Waals surface area contributed by atoms with Crippen LogP contribution >= 0.6 is 0 Å². The molecule has 1 aliphatic rings. The molecule has 0 amide bonds. The van der Waals surface area contributed by atoms with Gasteiger partial charge in [-0.1, -0.05) is 13.8 Å². The van der Waals surface area contributed by atoms with E-state index in [2.05, 4.69) is 19.2 Å². The second-order valence-corrected chi connectivity index (χ2v) is 5.08. The fraction of sp³-hybridized carbons (Fsp3) is 1.00. The molecule has 1 unspecified atom stereocenters. The summed E-state index contributed by atoms with van der Waals surface area (Å²) in [6.07, 6.45) is 2.06. The summed E-state index contributed by atoms with van der Waals surface area (Å²) in [4.78, 5) is 0. The Morgan fingerprint density at radius 1 is 1.45 bits per heavy atom. The summed E-state index contributed by atoms with van der Waals surface area (Å²) in [7, 11) is -0.599. The predicted octanol–water partition coefficient (Wildman–Crippen LogP) is 0.897. The Morgan fingerprint density at radius 2 is 2.09 bits per heavy atom. The maximum Gasteiger partial charge on any atom is 0.0578 e. The van der Waals surface area contributed by atoms with Gasteiger partial charge in [-0.25, -0.2) is 0 Å². The summed E-state index contributed by atoms with van der Waals surface area (Å²) in [5.74, 6) is 0.835. The molecule has 3 heteroatoms. The van der Waals surface area contributed by atoms with E-state index in [1.54, 1.807) is 0 Å². The average Bonchev–Trinajstić information content (AvgIpc) is 2.06. The van der Waals surface area contributed by atoms with E-state index in [1.807, 2.05) is 0 Å². The van der Waals surface area contributed by atoms with Crippen LogP contribution in [0.4, 0.5) is 0 Å². The van der Waals surface area contributed by atoms with Crippen LogP contribution in [-0.4, -0.2) is 27.8 Å². The summed E-state index contributed by atoms with van der Waals surface area (Å²) >= 11 is 0. The number of rotatable bonds is 2. The predicted molar refractivity (Wildman–Crippen MR) is 49.2 cm³/mol. The molecule has 1 rings (SSSR count). The van der Waals surface area contributed by atoms with E-state index in [4.69, 9.17) is 0 Å². The first kappa shape index (κ1) is 9.20. The maximum atomic E-state index is 11.6. The molecule has 11 heavy (non-hydrogen) atoms. The van der Waals surface area contributed by atoms with Gasteiger partial charge >= 0.3 is 0 Å². The van der Waals surface area contributed by atoms with E-state index in [1.165, 1.54) is 0 Å². The van der Waals surface area contributed by atoms with Crippen molar-refractivity contribution in [2.75, 3.05) is 18.8 Å². The van der Waals surface area contributed by atoms with Gasteiger partial charge in [-0.15, -0.1) is 0 Å². The lowest BCUT2D eigenvalue weighted by atomic mass is 10.0. The molecule has 66 valence electrons. The zero-order valence-electron chi connectivity index (χ0n) is 7.35. The van der Waals surface area contributed by atoms with E-state index in [0.29, 0.717) is 0 Å². The molecule has 0 aromatic carbocycles. The van der Waals surface area contributed by atoms with Crippen molar-refractivity contribution >= 4 is 10.8 Å². The first-order chi connectivity index (χ1) is 5.25. The van der Waals surface area contributed by atoms with Crippen molar-refractivity contribution in [2.24, 2.45) is 0 Å². The molecule has 0 aromatic heterocycles. The van der Waals surface area contributed by atoms with Crippen molar-refractivity contribution in [2.45, 2.75) is 31.4 Å². The molecule has 1 N–H and O–H groups in total. The summed E-state index contributed by atoms with van der Waals surface area (Å²) in [5, 5.41) is 3.31. The zero-order chi connectivity index (χ0) is 8.32. The molecule has 0 radical (unpaired) electrons.